The summed E-state index contributed by atoms with van der Waals surface area (Å²) in [6.45, 7) is 16.3. The zero-order valence-electron chi connectivity index (χ0n) is 14.9. The molecule has 1 rings (SSSR count). The van der Waals surface area contributed by atoms with Crippen molar-refractivity contribution in [2.24, 2.45) is 0 Å². The Balaban J connectivity index is 2.72. The Morgan fingerprint density at radius 1 is 1.19 bits per heavy atom. The number of ether oxygens (including phenoxy) is 1. The lowest BCUT2D eigenvalue weighted by atomic mass is 9.98. The van der Waals surface area contributed by atoms with Crippen LogP contribution in [0.25, 0.3) is 0 Å². The van der Waals surface area contributed by atoms with Crippen molar-refractivity contribution in [1.82, 2.24) is 5.32 Å². The van der Waals surface area contributed by atoms with Crippen LogP contribution in [0.2, 0.25) is 0 Å². The van der Waals surface area contributed by atoms with Crippen molar-refractivity contribution in [3.8, 4) is 5.75 Å². The predicted molar refractivity (Wildman–Crippen MR) is 92.3 cm³/mol. The molecule has 1 N–H and O–H groups in total. The monoisotopic (exact) mass is 291 g/mol. The molecule has 0 aromatic heterocycles. The van der Waals surface area contributed by atoms with Crippen molar-refractivity contribution in [3.05, 3.63) is 29.3 Å². The summed E-state index contributed by atoms with van der Waals surface area (Å²) in [6.07, 6.45) is 2.45. The van der Waals surface area contributed by atoms with Crippen LogP contribution in [0.15, 0.2) is 18.2 Å². The van der Waals surface area contributed by atoms with Crippen molar-refractivity contribution < 1.29 is 4.74 Å². The second-order valence-corrected chi connectivity index (χ2v) is 7.33. The second kappa shape index (κ2) is 7.84. The molecule has 0 radical (unpaired) electrons. The summed E-state index contributed by atoms with van der Waals surface area (Å²) < 4.78 is 6.20. The molecule has 1 unspecified atom stereocenters. The third-order valence-electron chi connectivity index (χ3n) is 3.64. The highest BCUT2D eigenvalue weighted by molar-refractivity contribution is 5.36. The van der Waals surface area contributed by atoms with Crippen molar-refractivity contribution in [2.45, 2.75) is 78.9 Å². The molecule has 2 heteroatoms. The molecule has 0 aliphatic rings. The van der Waals surface area contributed by atoms with Gasteiger partial charge < -0.3 is 10.1 Å². The first-order valence-electron chi connectivity index (χ1n) is 8.25. The van der Waals surface area contributed by atoms with Crippen LogP contribution in [0.3, 0.4) is 0 Å². The Labute approximate surface area is 131 Å². The van der Waals surface area contributed by atoms with Crippen LogP contribution in [0.4, 0.5) is 0 Å². The first-order valence-corrected chi connectivity index (χ1v) is 8.25. The van der Waals surface area contributed by atoms with Gasteiger partial charge in [0.25, 0.3) is 0 Å². The summed E-state index contributed by atoms with van der Waals surface area (Å²) in [5.74, 6) is 1.55. The second-order valence-electron chi connectivity index (χ2n) is 7.33. The fourth-order valence-electron chi connectivity index (χ4n) is 2.51. The lowest BCUT2D eigenvalue weighted by Crippen LogP contribution is -2.42. The number of hydrogen-bond donors (Lipinski definition) is 1. The third-order valence-corrected chi connectivity index (χ3v) is 3.64. The van der Waals surface area contributed by atoms with Crippen LogP contribution in [0.1, 0.15) is 71.4 Å². The number of aryl methyl sites for hydroxylation is 1. The molecule has 0 aliphatic heterocycles. The van der Waals surface area contributed by atoms with Crippen molar-refractivity contribution >= 4 is 0 Å². The Bertz CT molecular complexity index is 432. The molecule has 1 atom stereocenters. The molecular formula is C19H33NO. The third kappa shape index (κ3) is 6.52. The van der Waals surface area contributed by atoms with Gasteiger partial charge in [0, 0.05) is 12.1 Å². The molecule has 0 fully saturated rings. The molecule has 1 aromatic rings. The van der Waals surface area contributed by atoms with Crippen molar-refractivity contribution in [2.75, 3.05) is 6.54 Å². The van der Waals surface area contributed by atoms with Gasteiger partial charge in [0.2, 0.25) is 0 Å². The van der Waals surface area contributed by atoms with Gasteiger partial charge in [0.1, 0.15) is 11.9 Å². The van der Waals surface area contributed by atoms with Crippen LogP contribution >= 0.6 is 0 Å². The van der Waals surface area contributed by atoms with E-state index in [9.17, 15) is 0 Å². The first kappa shape index (κ1) is 18.0. The van der Waals surface area contributed by atoms with Gasteiger partial charge in [-0.05, 0) is 63.3 Å². The molecule has 21 heavy (non-hydrogen) atoms. The van der Waals surface area contributed by atoms with E-state index in [0.717, 1.165) is 25.1 Å². The Morgan fingerprint density at radius 2 is 1.86 bits per heavy atom. The van der Waals surface area contributed by atoms with E-state index in [0.29, 0.717) is 5.92 Å². The average Bonchev–Trinajstić information content (AvgIpc) is 2.35. The molecule has 0 heterocycles. The first-order chi connectivity index (χ1) is 9.73. The van der Waals surface area contributed by atoms with Gasteiger partial charge in [-0.25, -0.2) is 0 Å². The lowest BCUT2D eigenvalue weighted by molar-refractivity contribution is 0.175. The minimum atomic E-state index is 0.132. The lowest BCUT2D eigenvalue weighted by Gasteiger charge is -2.26. The zero-order chi connectivity index (χ0) is 16.0. The Hall–Kier alpha value is -1.02. The molecule has 1 aromatic carbocycles. The van der Waals surface area contributed by atoms with E-state index < -0.39 is 0 Å². The van der Waals surface area contributed by atoms with Crippen LogP contribution in [-0.4, -0.2) is 18.2 Å². The molecular weight excluding hydrogens is 258 g/mol. The van der Waals surface area contributed by atoms with Gasteiger partial charge in [-0.15, -0.1) is 0 Å². The summed E-state index contributed by atoms with van der Waals surface area (Å²) in [5, 5.41) is 3.55. The van der Waals surface area contributed by atoms with E-state index in [1.165, 1.54) is 11.1 Å². The number of hydrogen-bond acceptors (Lipinski definition) is 2. The number of nitrogens with one attached hydrogen (secondary N) is 1. The van der Waals surface area contributed by atoms with Gasteiger partial charge in [-0.1, -0.05) is 33.3 Å². The minimum absolute atomic E-state index is 0.132. The van der Waals surface area contributed by atoms with Crippen LogP contribution < -0.4 is 10.1 Å². The van der Waals surface area contributed by atoms with Crippen molar-refractivity contribution in [3.63, 3.8) is 0 Å². The maximum atomic E-state index is 6.20. The van der Waals surface area contributed by atoms with E-state index in [1.54, 1.807) is 0 Å². The zero-order valence-corrected chi connectivity index (χ0v) is 14.9. The van der Waals surface area contributed by atoms with E-state index >= 15 is 0 Å². The molecule has 120 valence electrons. The molecule has 2 nitrogen and oxygen atoms in total. The van der Waals surface area contributed by atoms with E-state index in [4.69, 9.17) is 4.74 Å². The normalized spacial score (nSPS) is 13.5. The van der Waals surface area contributed by atoms with Crippen LogP contribution in [-0.2, 0) is 0 Å². The average molecular weight is 291 g/mol. The fraction of sp³-hybridized carbons (Fsp3) is 0.684. The van der Waals surface area contributed by atoms with Crippen LogP contribution in [0, 0.1) is 6.92 Å². The molecule has 0 amide bonds. The maximum Gasteiger partial charge on any atom is 0.120 e. The SMILES string of the molecule is CCCC(CNC(C)(C)C)Oc1ccc(C(C)C)c(C)c1. The molecule has 0 saturated carbocycles. The topological polar surface area (TPSA) is 21.3 Å². The largest absolute Gasteiger partial charge is 0.489 e. The van der Waals surface area contributed by atoms with Gasteiger partial charge >= 0.3 is 0 Å². The quantitative estimate of drug-likeness (QED) is 0.758. The van der Waals surface area contributed by atoms with Gasteiger partial charge in [0.05, 0.1) is 0 Å². The highest BCUT2D eigenvalue weighted by Crippen LogP contribution is 2.24. The molecule has 0 spiro atoms. The summed E-state index contributed by atoms with van der Waals surface area (Å²) >= 11 is 0. The standard InChI is InChI=1S/C19H33NO/c1-8-9-17(13-20-19(5,6)7)21-16-10-11-18(14(2)3)15(4)12-16/h10-12,14,17,20H,8-9,13H2,1-7H3. The summed E-state index contributed by atoms with van der Waals surface area (Å²) in [7, 11) is 0. The maximum absolute atomic E-state index is 6.20. The highest BCUT2D eigenvalue weighted by Gasteiger charge is 2.15. The Kier molecular flexibility index (Phi) is 6.73. The highest BCUT2D eigenvalue weighted by atomic mass is 16.5. The van der Waals surface area contributed by atoms with Crippen molar-refractivity contribution in [1.29, 1.82) is 0 Å². The van der Waals surface area contributed by atoms with E-state index in [2.05, 4.69) is 72.0 Å². The smallest absolute Gasteiger partial charge is 0.120 e. The molecule has 0 bridgehead atoms. The number of rotatable bonds is 7. The van der Waals surface area contributed by atoms with E-state index in [-0.39, 0.29) is 11.6 Å². The molecule has 0 saturated heterocycles. The fourth-order valence-corrected chi connectivity index (χ4v) is 2.51. The van der Waals surface area contributed by atoms with Gasteiger partial charge in [-0.3, -0.25) is 0 Å². The summed E-state index contributed by atoms with van der Waals surface area (Å²) in [6, 6.07) is 6.49. The minimum Gasteiger partial charge on any atom is -0.489 e. The van der Waals surface area contributed by atoms with Gasteiger partial charge in [-0.2, -0.15) is 0 Å². The number of benzene rings is 1. The summed E-state index contributed by atoms with van der Waals surface area (Å²) in [4.78, 5) is 0. The van der Waals surface area contributed by atoms with Crippen LogP contribution in [0.5, 0.6) is 5.75 Å². The predicted octanol–water partition coefficient (Wildman–Crippen LogP) is 5.05. The Morgan fingerprint density at radius 3 is 2.33 bits per heavy atom. The molecule has 0 aliphatic carbocycles. The van der Waals surface area contributed by atoms with E-state index in [1.807, 2.05) is 0 Å². The van der Waals surface area contributed by atoms with Gasteiger partial charge in [0.15, 0.2) is 0 Å². The summed E-state index contributed by atoms with van der Waals surface area (Å²) in [5.41, 5.74) is 2.86.